The lowest BCUT2D eigenvalue weighted by Gasteiger charge is -2.22. The van der Waals surface area contributed by atoms with E-state index in [9.17, 15) is 4.79 Å². The van der Waals surface area contributed by atoms with E-state index < -0.39 is 0 Å². The van der Waals surface area contributed by atoms with Crippen LogP contribution in [0.1, 0.15) is 41.6 Å². The van der Waals surface area contributed by atoms with Crippen LogP contribution in [0.5, 0.6) is 0 Å². The van der Waals surface area contributed by atoms with E-state index in [0.29, 0.717) is 22.4 Å². The maximum absolute atomic E-state index is 13.5. The molecule has 0 aliphatic rings. The summed E-state index contributed by atoms with van der Waals surface area (Å²) in [4.78, 5) is 22.1. The highest BCUT2D eigenvalue weighted by Crippen LogP contribution is 2.36. The molecule has 0 radical (unpaired) electrons. The summed E-state index contributed by atoms with van der Waals surface area (Å²) in [6.07, 6.45) is 0. The normalized spacial score (nSPS) is 11.8. The maximum Gasteiger partial charge on any atom is 0.278 e. The molecule has 3 aromatic rings. The van der Waals surface area contributed by atoms with E-state index in [0.717, 1.165) is 28.0 Å². The molecule has 0 saturated heterocycles. The minimum atomic E-state index is -0.0935. The number of rotatable bonds is 6. The molecule has 0 N–H and O–H groups in total. The van der Waals surface area contributed by atoms with Gasteiger partial charge in [-0.05, 0) is 59.5 Å². The van der Waals surface area contributed by atoms with Gasteiger partial charge in [-0.15, -0.1) is 0 Å². The van der Waals surface area contributed by atoms with Crippen LogP contribution in [-0.4, -0.2) is 52.8 Å². The van der Waals surface area contributed by atoms with Crippen molar-refractivity contribution in [1.29, 1.82) is 0 Å². The van der Waals surface area contributed by atoms with Gasteiger partial charge >= 0.3 is 0 Å². The van der Waals surface area contributed by atoms with Gasteiger partial charge in [0.1, 0.15) is 5.69 Å². The summed E-state index contributed by atoms with van der Waals surface area (Å²) in [6.45, 7) is 9.21. The number of hydrogen-bond acceptors (Lipinski definition) is 5. The number of anilines is 1. The van der Waals surface area contributed by atoms with Crippen molar-refractivity contribution in [2.75, 3.05) is 32.1 Å². The number of halogens is 1. The summed E-state index contributed by atoms with van der Waals surface area (Å²) in [5, 5.41) is 5.81. The number of carbonyl (C=O) groups is 1. The summed E-state index contributed by atoms with van der Waals surface area (Å²) >= 11 is 7.84. The Labute approximate surface area is 174 Å². The highest BCUT2D eigenvalue weighted by molar-refractivity contribution is 7.23. The Hall–Kier alpha value is -1.96. The van der Waals surface area contributed by atoms with Gasteiger partial charge in [0.15, 0.2) is 5.13 Å². The molecule has 0 atom stereocenters. The third kappa shape index (κ3) is 4.06. The van der Waals surface area contributed by atoms with E-state index in [-0.39, 0.29) is 11.9 Å². The predicted molar refractivity (Wildman–Crippen MR) is 117 cm³/mol. The molecular weight excluding hydrogens is 394 g/mol. The predicted octanol–water partition coefficient (Wildman–Crippen LogP) is 4.55. The summed E-state index contributed by atoms with van der Waals surface area (Å²) in [5.74, 6) is -0.0935. The maximum atomic E-state index is 13.5. The van der Waals surface area contributed by atoms with E-state index in [2.05, 4.69) is 10.00 Å². The van der Waals surface area contributed by atoms with Crippen LogP contribution >= 0.6 is 22.9 Å². The second kappa shape index (κ2) is 8.19. The number of nitrogens with zero attached hydrogens (tertiary/aromatic N) is 5. The largest absolute Gasteiger partial charge is 0.308 e. The zero-order valence-electron chi connectivity index (χ0n) is 17.2. The fourth-order valence-electron chi connectivity index (χ4n) is 3.00. The Balaban J connectivity index is 2.08. The average Bonchev–Trinajstić information content (AvgIpc) is 3.23. The van der Waals surface area contributed by atoms with Crippen LogP contribution in [0, 0.1) is 13.8 Å². The molecule has 0 aliphatic carbocycles. The standard InChI is InChI=1S/C20H26ClN5OS/c1-12(2)26-16(11-14(4)23-26)19(27)25(10-9-24(5)6)20-22-17-13(3)7-8-15(21)18(17)28-20/h7-8,11-12H,9-10H2,1-6H3. The first kappa shape index (κ1) is 20.8. The first-order chi connectivity index (χ1) is 13.2. The van der Waals surface area contributed by atoms with Crippen molar-refractivity contribution in [2.45, 2.75) is 33.7 Å². The Morgan fingerprint density at radius 3 is 2.57 bits per heavy atom. The fourth-order valence-corrected chi connectivity index (χ4v) is 4.34. The number of aromatic nitrogens is 3. The number of hydrogen-bond donors (Lipinski definition) is 0. The molecule has 0 bridgehead atoms. The minimum Gasteiger partial charge on any atom is -0.308 e. The molecule has 0 aliphatic heterocycles. The number of carbonyl (C=O) groups excluding carboxylic acids is 1. The molecule has 6 nitrogen and oxygen atoms in total. The lowest BCUT2D eigenvalue weighted by Crippen LogP contribution is -2.38. The van der Waals surface area contributed by atoms with Gasteiger partial charge < -0.3 is 4.90 Å². The van der Waals surface area contributed by atoms with Gasteiger partial charge in [-0.3, -0.25) is 14.4 Å². The third-order valence-corrected chi connectivity index (χ3v) is 6.04. The van der Waals surface area contributed by atoms with Crippen molar-refractivity contribution in [3.8, 4) is 0 Å². The zero-order valence-corrected chi connectivity index (χ0v) is 18.7. The lowest BCUT2D eigenvalue weighted by molar-refractivity contribution is 0.0973. The van der Waals surface area contributed by atoms with Crippen LogP contribution in [0.4, 0.5) is 5.13 Å². The van der Waals surface area contributed by atoms with E-state index >= 15 is 0 Å². The van der Waals surface area contributed by atoms with E-state index in [1.807, 2.05) is 60.0 Å². The number of likely N-dealkylation sites (N-methyl/N-ethyl adjacent to an activating group) is 1. The zero-order chi connectivity index (χ0) is 20.6. The van der Waals surface area contributed by atoms with Crippen LogP contribution in [0.15, 0.2) is 18.2 Å². The van der Waals surface area contributed by atoms with Gasteiger partial charge in [-0.25, -0.2) is 4.98 Å². The van der Waals surface area contributed by atoms with Crippen LogP contribution < -0.4 is 4.90 Å². The van der Waals surface area contributed by atoms with Gasteiger partial charge in [0.25, 0.3) is 5.91 Å². The number of amides is 1. The first-order valence-corrected chi connectivity index (χ1v) is 10.5. The molecule has 2 heterocycles. The second-order valence-electron chi connectivity index (χ2n) is 7.51. The smallest absolute Gasteiger partial charge is 0.278 e. The second-order valence-corrected chi connectivity index (χ2v) is 8.89. The van der Waals surface area contributed by atoms with Crippen molar-refractivity contribution >= 4 is 44.2 Å². The van der Waals surface area contributed by atoms with E-state index in [1.165, 1.54) is 11.3 Å². The lowest BCUT2D eigenvalue weighted by atomic mass is 10.2. The highest BCUT2D eigenvalue weighted by atomic mass is 35.5. The molecular formula is C20H26ClN5OS. The third-order valence-electron chi connectivity index (χ3n) is 4.50. The van der Waals surface area contributed by atoms with Gasteiger partial charge in [-0.2, -0.15) is 5.10 Å². The molecule has 1 amide bonds. The summed E-state index contributed by atoms with van der Waals surface area (Å²) in [5.41, 5.74) is 3.30. The Morgan fingerprint density at radius 2 is 1.96 bits per heavy atom. The van der Waals surface area contributed by atoms with Crippen molar-refractivity contribution in [2.24, 2.45) is 0 Å². The Morgan fingerprint density at radius 1 is 1.25 bits per heavy atom. The quantitative estimate of drug-likeness (QED) is 0.588. The first-order valence-electron chi connectivity index (χ1n) is 9.27. The molecule has 0 fully saturated rings. The minimum absolute atomic E-state index is 0.0930. The van der Waals surface area contributed by atoms with Gasteiger partial charge in [0.05, 0.1) is 20.9 Å². The van der Waals surface area contributed by atoms with Gasteiger partial charge in [0.2, 0.25) is 0 Å². The van der Waals surface area contributed by atoms with E-state index in [1.54, 1.807) is 9.58 Å². The SMILES string of the molecule is Cc1cc(C(=O)N(CCN(C)C)c2nc3c(C)ccc(Cl)c3s2)n(C(C)C)n1. The van der Waals surface area contributed by atoms with E-state index in [4.69, 9.17) is 16.6 Å². The molecule has 0 saturated carbocycles. The highest BCUT2D eigenvalue weighted by Gasteiger charge is 2.26. The van der Waals surface area contributed by atoms with Crippen molar-refractivity contribution in [3.63, 3.8) is 0 Å². The topological polar surface area (TPSA) is 54.3 Å². The van der Waals surface area contributed by atoms with Crippen molar-refractivity contribution in [1.82, 2.24) is 19.7 Å². The number of aryl methyl sites for hydroxylation is 2. The molecule has 150 valence electrons. The summed E-state index contributed by atoms with van der Waals surface area (Å²) < 4.78 is 2.69. The molecule has 1 aromatic carbocycles. The summed E-state index contributed by atoms with van der Waals surface area (Å²) in [6, 6.07) is 5.77. The molecule has 28 heavy (non-hydrogen) atoms. The number of thiazole rings is 1. The van der Waals surface area contributed by atoms with Crippen LogP contribution in [-0.2, 0) is 0 Å². The average molecular weight is 420 g/mol. The number of benzene rings is 1. The molecule has 8 heteroatoms. The van der Waals surface area contributed by atoms with Crippen molar-refractivity contribution in [3.05, 3.63) is 40.2 Å². The Bertz CT molecular complexity index is 969. The van der Waals surface area contributed by atoms with Gasteiger partial charge in [-0.1, -0.05) is 29.0 Å². The Kier molecular flexibility index (Phi) is 6.07. The van der Waals surface area contributed by atoms with Crippen LogP contribution in [0.3, 0.4) is 0 Å². The van der Waals surface area contributed by atoms with Gasteiger partial charge in [0, 0.05) is 19.1 Å². The van der Waals surface area contributed by atoms with Crippen LogP contribution in [0.2, 0.25) is 5.02 Å². The summed E-state index contributed by atoms with van der Waals surface area (Å²) in [7, 11) is 3.98. The van der Waals surface area contributed by atoms with Crippen LogP contribution in [0.25, 0.3) is 10.2 Å². The fraction of sp³-hybridized carbons (Fsp3) is 0.450. The molecule has 0 unspecified atom stereocenters. The van der Waals surface area contributed by atoms with Crippen molar-refractivity contribution < 1.29 is 4.79 Å². The number of fused-ring (bicyclic) bond motifs is 1. The monoisotopic (exact) mass is 419 g/mol. The molecule has 0 spiro atoms. The molecule has 3 rings (SSSR count). The molecule has 2 aromatic heterocycles.